The Morgan fingerprint density at radius 3 is 1.84 bits per heavy atom. The van der Waals surface area contributed by atoms with Crippen LogP contribution in [0.1, 0.15) is 187 Å². The molecule has 0 aromatic heterocycles. The molecule has 7 unspecified atom stereocenters. The molecule has 0 aliphatic carbocycles. The van der Waals surface area contributed by atoms with Gasteiger partial charge in [-0.15, -0.1) is 0 Å². The molecule has 0 spiro atoms. The maximum atomic E-state index is 2.64. The summed E-state index contributed by atoms with van der Waals surface area (Å²) in [7, 11) is 2.37. The van der Waals surface area contributed by atoms with Gasteiger partial charge in [0, 0.05) is 6.04 Å². The Hall–Kier alpha value is -0.300. The average Bonchev–Trinajstić information content (AvgIpc) is 2.94. The van der Waals surface area contributed by atoms with Crippen molar-refractivity contribution in [2.24, 2.45) is 52.3 Å². The summed E-state index contributed by atoms with van der Waals surface area (Å²) in [5, 5.41) is 0. The van der Waals surface area contributed by atoms with E-state index in [0.29, 0.717) is 28.7 Å². The van der Waals surface area contributed by atoms with Gasteiger partial charge in [0.15, 0.2) is 0 Å². The SMILES string of the molecule is CCCCCCC(C)(C)CC(C)CCC(C)CCC(CC)(CCC(C)C)C(C(C)C=CCC(C)C(C)C)C(C)N(C)CC. The van der Waals surface area contributed by atoms with E-state index in [0.717, 1.165) is 36.1 Å². The van der Waals surface area contributed by atoms with Crippen LogP contribution in [0.15, 0.2) is 12.2 Å². The zero-order valence-electron chi connectivity index (χ0n) is 32.8. The highest BCUT2D eigenvalue weighted by Gasteiger charge is 2.43. The van der Waals surface area contributed by atoms with Crippen molar-refractivity contribution in [1.82, 2.24) is 4.90 Å². The summed E-state index contributed by atoms with van der Waals surface area (Å²) in [5.41, 5.74) is 0.900. The molecule has 0 radical (unpaired) electrons. The van der Waals surface area contributed by atoms with Gasteiger partial charge in [-0.1, -0.05) is 160 Å². The lowest BCUT2D eigenvalue weighted by atomic mass is 9.59. The lowest BCUT2D eigenvalue weighted by molar-refractivity contribution is 0.0151. The van der Waals surface area contributed by atoms with E-state index in [-0.39, 0.29) is 0 Å². The van der Waals surface area contributed by atoms with Gasteiger partial charge < -0.3 is 4.90 Å². The van der Waals surface area contributed by atoms with Gasteiger partial charge in [0.25, 0.3) is 0 Å². The third-order valence-electron chi connectivity index (χ3n) is 11.9. The topological polar surface area (TPSA) is 3.24 Å². The van der Waals surface area contributed by atoms with E-state index in [1.165, 1.54) is 89.9 Å². The molecular weight excluding hydrogens is 518 g/mol. The van der Waals surface area contributed by atoms with Crippen molar-refractivity contribution >= 4 is 0 Å². The van der Waals surface area contributed by atoms with Crippen molar-refractivity contribution in [3.05, 3.63) is 12.2 Å². The van der Waals surface area contributed by atoms with Gasteiger partial charge in [0.05, 0.1) is 0 Å². The van der Waals surface area contributed by atoms with Crippen LogP contribution in [0, 0.1) is 52.3 Å². The molecule has 0 saturated heterocycles. The van der Waals surface area contributed by atoms with Gasteiger partial charge in [-0.25, -0.2) is 0 Å². The van der Waals surface area contributed by atoms with Crippen LogP contribution >= 0.6 is 0 Å². The third kappa shape index (κ3) is 17.3. The van der Waals surface area contributed by atoms with Crippen LogP contribution in [0.4, 0.5) is 0 Å². The molecule has 0 aromatic carbocycles. The molecule has 0 aromatic rings. The van der Waals surface area contributed by atoms with E-state index >= 15 is 0 Å². The van der Waals surface area contributed by atoms with Crippen LogP contribution in [-0.4, -0.2) is 24.5 Å². The van der Waals surface area contributed by atoms with E-state index in [4.69, 9.17) is 0 Å². The monoisotopic (exact) mass is 604 g/mol. The smallest absolute Gasteiger partial charge is 0.0103 e. The summed E-state index contributed by atoms with van der Waals surface area (Å²) in [6.07, 6.45) is 24.4. The predicted molar refractivity (Wildman–Crippen MR) is 199 cm³/mol. The highest BCUT2D eigenvalue weighted by atomic mass is 15.1. The summed E-state index contributed by atoms with van der Waals surface area (Å²) in [4.78, 5) is 2.64. The number of hydrogen-bond donors (Lipinski definition) is 0. The molecule has 0 aliphatic heterocycles. The fraction of sp³-hybridized carbons (Fsp3) is 0.952. The molecule has 7 atom stereocenters. The Bertz CT molecular complexity index is 689. The van der Waals surface area contributed by atoms with Gasteiger partial charge >= 0.3 is 0 Å². The standard InChI is InChI=1S/C42H85N/c1-16-19-20-21-29-41(13,14)32-36(9)26-25-35(8)28-31-42(17-2,30-27-33(4)5)40(39(12)43(15)18-3)38(11)24-22-23-37(10)34(6)7/h22,24,33-40H,16-21,23,25-32H2,1-15H3. The van der Waals surface area contributed by atoms with Crippen LogP contribution in [0.3, 0.4) is 0 Å². The van der Waals surface area contributed by atoms with Crippen LogP contribution in [0.2, 0.25) is 0 Å². The Balaban J connectivity index is 5.72. The third-order valence-corrected chi connectivity index (χ3v) is 11.9. The fourth-order valence-electron chi connectivity index (χ4n) is 8.02. The average molecular weight is 604 g/mol. The molecule has 0 amide bonds. The maximum absolute atomic E-state index is 2.64. The van der Waals surface area contributed by atoms with Crippen molar-refractivity contribution in [3.8, 4) is 0 Å². The molecule has 1 nitrogen and oxygen atoms in total. The van der Waals surface area contributed by atoms with E-state index in [1.807, 2.05) is 0 Å². The van der Waals surface area contributed by atoms with Gasteiger partial charge in [-0.2, -0.15) is 0 Å². The Morgan fingerprint density at radius 1 is 0.698 bits per heavy atom. The molecule has 0 saturated carbocycles. The minimum Gasteiger partial charge on any atom is -0.304 e. The second kappa shape index (κ2) is 22.3. The number of nitrogens with zero attached hydrogens (tertiary/aromatic N) is 1. The number of allylic oxidation sites excluding steroid dienone is 2. The summed E-state index contributed by atoms with van der Waals surface area (Å²) >= 11 is 0. The zero-order chi connectivity index (χ0) is 33.2. The summed E-state index contributed by atoms with van der Waals surface area (Å²) in [6.45, 7) is 35.6. The summed E-state index contributed by atoms with van der Waals surface area (Å²) in [6, 6.07) is 0.592. The second-order valence-electron chi connectivity index (χ2n) is 17.2. The van der Waals surface area contributed by atoms with E-state index in [2.05, 4.69) is 121 Å². The minimum atomic E-state index is 0.404. The Kier molecular flexibility index (Phi) is 22.1. The molecule has 0 heterocycles. The Labute approximate surface area is 275 Å². The van der Waals surface area contributed by atoms with Crippen molar-refractivity contribution in [1.29, 1.82) is 0 Å². The van der Waals surface area contributed by atoms with Crippen LogP contribution in [0.25, 0.3) is 0 Å². The van der Waals surface area contributed by atoms with Crippen molar-refractivity contribution in [3.63, 3.8) is 0 Å². The number of rotatable bonds is 26. The minimum absolute atomic E-state index is 0.404. The highest BCUT2D eigenvalue weighted by molar-refractivity contribution is 5.01. The molecular formula is C42H85N. The maximum Gasteiger partial charge on any atom is 0.0103 e. The molecule has 43 heavy (non-hydrogen) atoms. The molecule has 0 aliphatic rings. The normalized spacial score (nSPS) is 18.7. The quantitative estimate of drug-likeness (QED) is 0.0702. The number of unbranched alkanes of at least 4 members (excludes halogenated alkanes) is 3. The van der Waals surface area contributed by atoms with Gasteiger partial charge in [0.1, 0.15) is 0 Å². The number of hydrogen-bond acceptors (Lipinski definition) is 1. The highest BCUT2D eigenvalue weighted by Crippen LogP contribution is 2.49. The van der Waals surface area contributed by atoms with Crippen molar-refractivity contribution in [2.45, 2.75) is 193 Å². The van der Waals surface area contributed by atoms with Crippen LogP contribution in [-0.2, 0) is 0 Å². The van der Waals surface area contributed by atoms with Gasteiger partial charge in [-0.3, -0.25) is 0 Å². The molecule has 0 rings (SSSR count). The molecule has 1 heteroatoms. The fourth-order valence-corrected chi connectivity index (χ4v) is 8.02. The summed E-state index contributed by atoms with van der Waals surface area (Å²) in [5.74, 6) is 5.22. The lowest BCUT2D eigenvalue weighted by Crippen LogP contribution is -2.47. The van der Waals surface area contributed by atoms with Crippen molar-refractivity contribution in [2.75, 3.05) is 13.6 Å². The van der Waals surface area contributed by atoms with E-state index in [1.54, 1.807) is 0 Å². The first kappa shape index (κ1) is 42.7. The largest absolute Gasteiger partial charge is 0.304 e. The predicted octanol–water partition coefficient (Wildman–Crippen LogP) is 13.9. The zero-order valence-corrected chi connectivity index (χ0v) is 32.8. The summed E-state index contributed by atoms with van der Waals surface area (Å²) < 4.78 is 0. The second-order valence-corrected chi connectivity index (χ2v) is 17.2. The van der Waals surface area contributed by atoms with Crippen LogP contribution < -0.4 is 0 Å². The van der Waals surface area contributed by atoms with E-state index in [9.17, 15) is 0 Å². The van der Waals surface area contributed by atoms with E-state index < -0.39 is 0 Å². The molecule has 0 fully saturated rings. The first-order chi connectivity index (χ1) is 20.1. The van der Waals surface area contributed by atoms with Crippen molar-refractivity contribution < 1.29 is 0 Å². The van der Waals surface area contributed by atoms with Gasteiger partial charge in [0.2, 0.25) is 0 Å². The first-order valence-electron chi connectivity index (χ1n) is 19.4. The molecule has 0 N–H and O–H groups in total. The van der Waals surface area contributed by atoms with Gasteiger partial charge in [-0.05, 0) is 105 Å². The Morgan fingerprint density at radius 2 is 1.30 bits per heavy atom. The molecule has 0 bridgehead atoms. The first-order valence-corrected chi connectivity index (χ1v) is 19.4. The lowest BCUT2D eigenvalue weighted by Gasteiger charge is -2.49. The molecule has 258 valence electrons. The van der Waals surface area contributed by atoms with Crippen LogP contribution in [0.5, 0.6) is 0 Å².